The van der Waals surface area contributed by atoms with E-state index in [1.54, 1.807) is 4.90 Å². The van der Waals surface area contributed by atoms with Gasteiger partial charge in [-0.1, -0.05) is 24.3 Å². The zero-order valence-corrected chi connectivity index (χ0v) is 19.1. The van der Waals surface area contributed by atoms with Crippen LogP contribution >= 0.6 is 0 Å². The maximum absolute atomic E-state index is 13.1. The zero-order chi connectivity index (χ0) is 23.5. The predicted octanol–water partition coefficient (Wildman–Crippen LogP) is 2.63. The van der Waals surface area contributed by atoms with Crippen LogP contribution in [0.4, 0.5) is 23.1 Å². The molecule has 1 atom stereocenters. The summed E-state index contributed by atoms with van der Waals surface area (Å²) in [5.41, 5.74) is 1.78. The van der Waals surface area contributed by atoms with Gasteiger partial charge < -0.3 is 20.0 Å². The van der Waals surface area contributed by atoms with Crippen molar-refractivity contribution in [1.82, 2.24) is 20.1 Å². The number of aromatic nitrogens is 3. The Labute approximate surface area is 198 Å². The molecule has 34 heavy (non-hydrogen) atoms. The van der Waals surface area contributed by atoms with Crippen LogP contribution in [0.15, 0.2) is 60.7 Å². The van der Waals surface area contributed by atoms with E-state index < -0.39 is 0 Å². The first-order valence-corrected chi connectivity index (χ1v) is 11.5. The van der Waals surface area contributed by atoms with Gasteiger partial charge in [0.1, 0.15) is 5.82 Å². The van der Waals surface area contributed by atoms with Crippen molar-refractivity contribution in [2.75, 3.05) is 47.8 Å². The molecule has 4 heterocycles. The van der Waals surface area contributed by atoms with Crippen molar-refractivity contribution < 1.29 is 9.59 Å². The molecule has 174 valence electrons. The highest BCUT2D eigenvalue weighted by atomic mass is 16.2. The molecule has 3 aromatic rings. The number of anilines is 4. The highest BCUT2D eigenvalue weighted by Gasteiger charge is 2.38. The van der Waals surface area contributed by atoms with E-state index in [1.165, 1.54) is 0 Å². The summed E-state index contributed by atoms with van der Waals surface area (Å²) in [4.78, 5) is 35.7. The molecule has 2 amide bonds. The fourth-order valence-electron chi connectivity index (χ4n) is 4.45. The summed E-state index contributed by atoms with van der Waals surface area (Å²) in [5, 5.41) is 11.8. The van der Waals surface area contributed by atoms with Gasteiger partial charge in [-0.25, -0.2) is 4.98 Å². The van der Waals surface area contributed by atoms with E-state index in [4.69, 9.17) is 0 Å². The molecule has 9 nitrogen and oxygen atoms in total. The Morgan fingerprint density at radius 2 is 1.71 bits per heavy atom. The normalized spacial score (nSPS) is 18.3. The van der Waals surface area contributed by atoms with E-state index in [9.17, 15) is 9.59 Å². The van der Waals surface area contributed by atoms with Crippen LogP contribution in [0.5, 0.6) is 0 Å². The number of nitrogens with zero attached hydrogens (tertiary/aromatic N) is 6. The number of piperazine rings is 1. The van der Waals surface area contributed by atoms with E-state index in [-0.39, 0.29) is 24.2 Å². The minimum absolute atomic E-state index is 0.00743. The summed E-state index contributed by atoms with van der Waals surface area (Å²) in [7, 11) is 0. The predicted molar refractivity (Wildman–Crippen MR) is 130 cm³/mol. The third kappa shape index (κ3) is 4.68. The largest absolute Gasteiger partial charge is 0.352 e. The maximum Gasteiger partial charge on any atom is 0.228 e. The Balaban J connectivity index is 1.15. The minimum Gasteiger partial charge on any atom is -0.352 e. The van der Waals surface area contributed by atoms with Crippen LogP contribution in [-0.2, 0) is 9.59 Å². The Kier molecular flexibility index (Phi) is 6.07. The third-order valence-electron chi connectivity index (χ3n) is 6.25. The van der Waals surface area contributed by atoms with Gasteiger partial charge in [0.2, 0.25) is 11.8 Å². The molecule has 2 aromatic heterocycles. The number of pyridine rings is 1. The highest BCUT2D eigenvalue weighted by Crippen LogP contribution is 2.27. The van der Waals surface area contributed by atoms with Crippen molar-refractivity contribution in [2.45, 2.75) is 13.3 Å². The van der Waals surface area contributed by atoms with Crippen molar-refractivity contribution in [3.05, 3.63) is 66.4 Å². The quantitative estimate of drug-likeness (QED) is 0.629. The second-order valence-corrected chi connectivity index (χ2v) is 8.62. The van der Waals surface area contributed by atoms with Crippen LogP contribution in [0.1, 0.15) is 12.1 Å². The number of para-hydroxylation sites is 1. The molecule has 1 unspecified atom stereocenters. The molecule has 1 aromatic carbocycles. The summed E-state index contributed by atoms with van der Waals surface area (Å²) < 4.78 is 0. The number of hydrogen-bond donors (Lipinski definition) is 1. The zero-order valence-electron chi connectivity index (χ0n) is 19.1. The Hall–Kier alpha value is -4.01. The monoisotopic (exact) mass is 457 g/mol. The summed E-state index contributed by atoms with van der Waals surface area (Å²) in [6, 6.07) is 19.1. The molecule has 0 aliphatic carbocycles. The van der Waals surface area contributed by atoms with Gasteiger partial charge in [-0.2, -0.15) is 0 Å². The molecule has 2 aliphatic rings. The molecular weight excluding hydrogens is 430 g/mol. The van der Waals surface area contributed by atoms with Crippen LogP contribution in [0.25, 0.3) is 0 Å². The van der Waals surface area contributed by atoms with Crippen LogP contribution in [0.3, 0.4) is 0 Å². The Bertz CT molecular complexity index is 1160. The number of carbonyl (C=O) groups is 2. The molecule has 1 N–H and O–H groups in total. The molecule has 2 saturated heterocycles. The van der Waals surface area contributed by atoms with Crippen molar-refractivity contribution in [3.8, 4) is 0 Å². The topological polar surface area (TPSA) is 94.6 Å². The summed E-state index contributed by atoms with van der Waals surface area (Å²) in [6.07, 6.45) is 0.268. The van der Waals surface area contributed by atoms with E-state index >= 15 is 0 Å². The fourth-order valence-corrected chi connectivity index (χ4v) is 4.45. The van der Waals surface area contributed by atoms with Crippen LogP contribution < -0.4 is 15.1 Å². The number of benzene rings is 1. The number of aryl methyl sites for hydroxylation is 1. The van der Waals surface area contributed by atoms with E-state index in [0.29, 0.717) is 38.5 Å². The molecule has 5 rings (SSSR count). The number of amides is 2. The van der Waals surface area contributed by atoms with Gasteiger partial charge in [-0.3, -0.25) is 9.59 Å². The smallest absolute Gasteiger partial charge is 0.228 e. The lowest BCUT2D eigenvalue weighted by Gasteiger charge is -2.36. The number of rotatable bonds is 5. The number of carbonyl (C=O) groups excluding carboxylic acids is 2. The van der Waals surface area contributed by atoms with E-state index in [0.717, 1.165) is 23.0 Å². The van der Waals surface area contributed by atoms with Crippen molar-refractivity contribution in [1.29, 1.82) is 0 Å². The SMILES string of the molecule is Cc1cccc(Nc2ccc(N3CCN(C(=O)C4CC(=O)N(c5ccccc5)C4)CC3)nn2)n1. The van der Waals surface area contributed by atoms with E-state index in [2.05, 4.69) is 25.4 Å². The average molecular weight is 458 g/mol. The third-order valence-corrected chi connectivity index (χ3v) is 6.25. The lowest BCUT2D eigenvalue weighted by molar-refractivity contribution is -0.136. The van der Waals surface area contributed by atoms with Gasteiger partial charge in [0.15, 0.2) is 11.6 Å². The van der Waals surface area contributed by atoms with Crippen molar-refractivity contribution >= 4 is 35.0 Å². The molecule has 0 bridgehead atoms. The Morgan fingerprint density at radius 1 is 0.912 bits per heavy atom. The number of hydrogen-bond acceptors (Lipinski definition) is 7. The standard InChI is InChI=1S/C25H27N7O2/c1-18-6-5-9-21(26-18)27-22-10-11-23(29-28-22)30-12-14-31(15-13-30)25(34)19-16-24(33)32(17-19)20-7-3-2-4-8-20/h2-11,19H,12-17H2,1H3,(H,26,27,28). The second kappa shape index (κ2) is 9.46. The average Bonchev–Trinajstić information content (AvgIpc) is 3.26. The molecule has 9 heteroatoms. The summed E-state index contributed by atoms with van der Waals surface area (Å²) in [6.45, 7) is 4.94. The van der Waals surface area contributed by atoms with Gasteiger partial charge in [0.25, 0.3) is 0 Å². The molecule has 0 spiro atoms. The maximum atomic E-state index is 13.1. The summed E-state index contributed by atoms with van der Waals surface area (Å²) >= 11 is 0. The Morgan fingerprint density at radius 3 is 2.41 bits per heavy atom. The highest BCUT2D eigenvalue weighted by molar-refractivity contribution is 6.00. The van der Waals surface area contributed by atoms with E-state index in [1.807, 2.05) is 72.5 Å². The van der Waals surface area contributed by atoms with Gasteiger partial charge in [0.05, 0.1) is 5.92 Å². The van der Waals surface area contributed by atoms with Crippen molar-refractivity contribution in [2.24, 2.45) is 5.92 Å². The first-order valence-electron chi connectivity index (χ1n) is 11.5. The molecule has 0 radical (unpaired) electrons. The van der Waals surface area contributed by atoms with Crippen LogP contribution in [-0.4, -0.2) is 64.6 Å². The van der Waals surface area contributed by atoms with Gasteiger partial charge in [-0.15, -0.1) is 10.2 Å². The van der Waals surface area contributed by atoms with Crippen molar-refractivity contribution in [3.63, 3.8) is 0 Å². The van der Waals surface area contributed by atoms with Gasteiger partial charge in [-0.05, 0) is 43.3 Å². The first-order chi connectivity index (χ1) is 16.6. The van der Waals surface area contributed by atoms with Crippen LogP contribution in [0, 0.1) is 12.8 Å². The van der Waals surface area contributed by atoms with Crippen LogP contribution in [0.2, 0.25) is 0 Å². The first kappa shape index (κ1) is 21.8. The molecule has 2 fully saturated rings. The fraction of sp³-hybridized carbons (Fsp3) is 0.320. The number of nitrogens with one attached hydrogen (secondary N) is 1. The second-order valence-electron chi connectivity index (χ2n) is 8.62. The molecular formula is C25H27N7O2. The van der Waals surface area contributed by atoms with Gasteiger partial charge >= 0.3 is 0 Å². The summed E-state index contributed by atoms with van der Waals surface area (Å²) in [5.74, 6) is 1.91. The lowest BCUT2D eigenvalue weighted by atomic mass is 10.1. The van der Waals surface area contributed by atoms with Gasteiger partial charge in [0, 0.05) is 50.5 Å². The lowest BCUT2D eigenvalue weighted by Crippen LogP contribution is -2.51. The molecule has 0 saturated carbocycles. The minimum atomic E-state index is -0.292. The molecule has 2 aliphatic heterocycles.